The molecule has 1 N–H and O–H groups in total. The molecule has 0 saturated carbocycles. The third kappa shape index (κ3) is 2.93. The molecule has 1 amide bonds. The fraction of sp³-hybridized carbons (Fsp3) is 0.769. The summed E-state index contributed by atoms with van der Waals surface area (Å²) in [5, 5.41) is 4.30. The molecule has 3 rings (SSSR count). The number of aryl methyl sites for hydroxylation is 1. The highest BCUT2D eigenvalue weighted by Crippen LogP contribution is 2.20. The number of rotatable bonds is 2. The van der Waals surface area contributed by atoms with Crippen LogP contribution in [0.3, 0.4) is 0 Å². The van der Waals surface area contributed by atoms with E-state index in [0.29, 0.717) is 5.91 Å². The number of piperidine rings is 1. The summed E-state index contributed by atoms with van der Waals surface area (Å²) in [6.45, 7) is 7.13. The van der Waals surface area contributed by atoms with E-state index >= 15 is 0 Å². The highest BCUT2D eigenvalue weighted by Gasteiger charge is 2.29. The first-order valence-corrected chi connectivity index (χ1v) is 8.06. The topological polar surface area (TPSA) is 61.4 Å². The smallest absolute Gasteiger partial charge is 0.227 e. The van der Waals surface area contributed by atoms with Crippen LogP contribution in [-0.2, 0) is 4.79 Å². The SMILES string of the molecule is Cc1nsc(N2CCN(C(=O)C3CCCNC3)CC2)n1. The number of aromatic nitrogens is 2. The molecule has 2 aliphatic heterocycles. The minimum Gasteiger partial charge on any atom is -0.343 e. The first-order chi connectivity index (χ1) is 9.74. The van der Waals surface area contributed by atoms with E-state index < -0.39 is 0 Å². The van der Waals surface area contributed by atoms with E-state index in [-0.39, 0.29) is 5.92 Å². The molecular formula is C13H21N5OS. The Morgan fingerprint density at radius 1 is 1.35 bits per heavy atom. The third-order valence-electron chi connectivity index (χ3n) is 4.02. The van der Waals surface area contributed by atoms with Crippen molar-refractivity contribution in [1.82, 2.24) is 19.6 Å². The summed E-state index contributed by atoms with van der Waals surface area (Å²) >= 11 is 1.45. The van der Waals surface area contributed by atoms with E-state index in [0.717, 1.165) is 63.1 Å². The number of carbonyl (C=O) groups excluding carboxylic acids is 1. The summed E-state index contributed by atoms with van der Waals surface area (Å²) in [5.41, 5.74) is 0. The maximum absolute atomic E-state index is 12.4. The molecule has 0 aliphatic carbocycles. The van der Waals surface area contributed by atoms with E-state index in [9.17, 15) is 4.79 Å². The lowest BCUT2D eigenvalue weighted by Crippen LogP contribution is -2.52. The molecule has 0 spiro atoms. The van der Waals surface area contributed by atoms with Crippen molar-refractivity contribution in [1.29, 1.82) is 0 Å². The summed E-state index contributed by atoms with van der Waals surface area (Å²) in [5.74, 6) is 1.33. The first kappa shape index (κ1) is 13.8. The lowest BCUT2D eigenvalue weighted by molar-refractivity contribution is -0.136. The van der Waals surface area contributed by atoms with Gasteiger partial charge in [-0.2, -0.15) is 4.37 Å². The highest BCUT2D eigenvalue weighted by atomic mass is 32.1. The second kappa shape index (κ2) is 6.05. The predicted octanol–water partition coefficient (Wildman–Crippen LogP) is 0.495. The summed E-state index contributed by atoms with van der Waals surface area (Å²) in [4.78, 5) is 21.1. The van der Waals surface area contributed by atoms with Crippen molar-refractivity contribution in [3.8, 4) is 0 Å². The van der Waals surface area contributed by atoms with Crippen LogP contribution in [0.15, 0.2) is 0 Å². The molecule has 2 saturated heterocycles. The van der Waals surface area contributed by atoms with Crippen LogP contribution in [0.4, 0.5) is 5.13 Å². The zero-order valence-corrected chi connectivity index (χ0v) is 12.7. The van der Waals surface area contributed by atoms with Gasteiger partial charge < -0.3 is 15.1 Å². The van der Waals surface area contributed by atoms with Gasteiger partial charge in [0.15, 0.2) is 0 Å². The Morgan fingerprint density at radius 3 is 2.75 bits per heavy atom. The lowest BCUT2D eigenvalue weighted by Gasteiger charge is -2.36. The van der Waals surface area contributed by atoms with Crippen molar-refractivity contribution in [2.45, 2.75) is 19.8 Å². The molecule has 2 fully saturated rings. The maximum atomic E-state index is 12.4. The normalized spacial score (nSPS) is 23.9. The maximum Gasteiger partial charge on any atom is 0.227 e. The molecular weight excluding hydrogens is 274 g/mol. The summed E-state index contributed by atoms with van der Waals surface area (Å²) in [7, 11) is 0. The van der Waals surface area contributed by atoms with Crippen LogP contribution < -0.4 is 10.2 Å². The predicted molar refractivity (Wildman–Crippen MR) is 79.0 cm³/mol. The average molecular weight is 295 g/mol. The Labute approximate surface area is 123 Å². The van der Waals surface area contributed by atoms with Crippen molar-refractivity contribution in [3.63, 3.8) is 0 Å². The number of nitrogens with zero attached hydrogens (tertiary/aromatic N) is 4. The summed E-state index contributed by atoms with van der Waals surface area (Å²) < 4.78 is 4.22. The van der Waals surface area contributed by atoms with Crippen molar-refractivity contribution in [2.75, 3.05) is 44.2 Å². The molecule has 2 aliphatic rings. The molecule has 6 nitrogen and oxygen atoms in total. The van der Waals surface area contributed by atoms with Gasteiger partial charge in [0.25, 0.3) is 0 Å². The minimum atomic E-state index is 0.180. The summed E-state index contributed by atoms with van der Waals surface area (Å²) in [6.07, 6.45) is 2.14. The van der Waals surface area contributed by atoms with Crippen LogP contribution in [0, 0.1) is 12.8 Å². The van der Waals surface area contributed by atoms with Gasteiger partial charge in [-0.1, -0.05) is 0 Å². The highest BCUT2D eigenvalue weighted by molar-refractivity contribution is 7.09. The zero-order valence-electron chi connectivity index (χ0n) is 11.8. The molecule has 1 aromatic rings. The van der Waals surface area contributed by atoms with Crippen molar-refractivity contribution < 1.29 is 4.79 Å². The van der Waals surface area contributed by atoms with Crippen LogP contribution in [0.25, 0.3) is 0 Å². The molecule has 0 bridgehead atoms. The lowest BCUT2D eigenvalue weighted by atomic mass is 9.98. The molecule has 1 atom stereocenters. The number of hydrogen-bond donors (Lipinski definition) is 1. The summed E-state index contributed by atoms with van der Waals surface area (Å²) in [6, 6.07) is 0. The van der Waals surface area contributed by atoms with Crippen molar-refractivity contribution >= 4 is 22.6 Å². The van der Waals surface area contributed by atoms with Gasteiger partial charge in [0.05, 0.1) is 5.92 Å². The molecule has 110 valence electrons. The quantitative estimate of drug-likeness (QED) is 0.860. The Balaban J connectivity index is 1.54. The van der Waals surface area contributed by atoms with Gasteiger partial charge in [0.1, 0.15) is 5.82 Å². The van der Waals surface area contributed by atoms with E-state index in [4.69, 9.17) is 0 Å². The molecule has 0 radical (unpaired) electrons. The van der Waals surface area contributed by atoms with Gasteiger partial charge in [0, 0.05) is 44.3 Å². The van der Waals surface area contributed by atoms with Gasteiger partial charge in [-0.25, -0.2) is 4.98 Å². The molecule has 1 unspecified atom stereocenters. The van der Waals surface area contributed by atoms with Crippen molar-refractivity contribution in [2.24, 2.45) is 5.92 Å². The second-order valence-electron chi connectivity index (χ2n) is 5.48. The van der Waals surface area contributed by atoms with E-state index in [1.165, 1.54) is 11.5 Å². The minimum absolute atomic E-state index is 0.180. The molecule has 3 heterocycles. The van der Waals surface area contributed by atoms with Crippen LogP contribution in [-0.4, -0.2) is 59.4 Å². The molecule has 0 aromatic carbocycles. The van der Waals surface area contributed by atoms with E-state index in [1.807, 2.05) is 11.8 Å². The van der Waals surface area contributed by atoms with Gasteiger partial charge in [0.2, 0.25) is 11.0 Å². The van der Waals surface area contributed by atoms with Crippen LogP contribution in [0.1, 0.15) is 18.7 Å². The number of carbonyl (C=O) groups is 1. The fourth-order valence-electron chi connectivity index (χ4n) is 2.85. The Morgan fingerprint density at radius 2 is 2.15 bits per heavy atom. The van der Waals surface area contributed by atoms with E-state index in [2.05, 4.69) is 19.6 Å². The average Bonchev–Trinajstić information content (AvgIpc) is 2.94. The number of anilines is 1. The first-order valence-electron chi connectivity index (χ1n) is 7.29. The van der Waals surface area contributed by atoms with Gasteiger partial charge in [-0.05, 0) is 26.3 Å². The monoisotopic (exact) mass is 295 g/mol. The van der Waals surface area contributed by atoms with Gasteiger partial charge in [-0.3, -0.25) is 4.79 Å². The number of hydrogen-bond acceptors (Lipinski definition) is 6. The van der Waals surface area contributed by atoms with Gasteiger partial charge in [-0.15, -0.1) is 0 Å². The molecule has 1 aromatic heterocycles. The standard InChI is InChI=1S/C13H21N5OS/c1-10-15-13(20-16-10)18-7-5-17(6-8-18)12(19)11-3-2-4-14-9-11/h11,14H,2-9H2,1H3. The second-order valence-corrected chi connectivity index (χ2v) is 6.21. The zero-order chi connectivity index (χ0) is 13.9. The van der Waals surface area contributed by atoms with Crippen LogP contribution in [0.2, 0.25) is 0 Å². The third-order valence-corrected chi connectivity index (χ3v) is 4.89. The Kier molecular flexibility index (Phi) is 4.16. The molecule has 20 heavy (non-hydrogen) atoms. The largest absolute Gasteiger partial charge is 0.343 e. The van der Waals surface area contributed by atoms with E-state index in [1.54, 1.807) is 0 Å². The number of piperazine rings is 1. The van der Waals surface area contributed by atoms with Crippen LogP contribution in [0.5, 0.6) is 0 Å². The van der Waals surface area contributed by atoms with Gasteiger partial charge >= 0.3 is 0 Å². The fourth-order valence-corrected chi connectivity index (χ4v) is 3.58. The van der Waals surface area contributed by atoms with Crippen LogP contribution >= 0.6 is 11.5 Å². The Bertz CT molecular complexity index is 463. The number of amides is 1. The van der Waals surface area contributed by atoms with Crippen molar-refractivity contribution in [3.05, 3.63) is 5.82 Å². The molecule has 7 heteroatoms. The number of nitrogens with one attached hydrogen (secondary N) is 1. The Hall–Kier alpha value is -1.21.